The third-order valence-electron chi connectivity index (χ3n) is 3.32. The highest BCUT2D eigenvalue weighted by molar-refractivity contribution is 8.27. The Morgan fingerprint density at radius 1 is 1.16 bits per heavy atom. The summed E-state index contributed by atoms with van der Waals surface area (Å²) in [5.41, 5.74) is 1.15. The van der Waals surface area contributed by atoms with Crippen molar-refractivity contribution >= 4 is 63.3 Å². The number of aromatic hydroxyl groups is 2. The number of rotatable bonds is 2. The maximum absolute atomic E-state index is 12.6. The first kappa shape index (κ1) is 17.4. The van der Waals surface area contributed by atoms with Gasteiger partial charge in [0, 0.05) is 17.3 Å². The number of carbonyl (C=O) groups is 1. The van der Waals surface area contributed by atoms with E-state index in [2.05, 4.69) is 5.32 Å². The fourth-order valence-corrected chi connectivity index (χ4v) is 3.81. The zero-order valence-corrected chi connectivity index (χ0v) is 15.1. The molecule has 1 heterocycles. The van der Waals surface area contributed by atoms with Crippen molar-refractivity contribution < 1.29 is 15.0 Å². The fraction of sp³-hybridized carbons (Fsp3) is 0. The first-order valence-corrected chi connectivity index (χ1v) is 8.75. The number of carbonyl (C=O) groups excluding carboxylic acids is 1. The molecule has 25 heavy (non-hydrogen) atoms. The predicted octanol–water partition coefficient (Wildman–Crippen LogP) is 3.70. The molecule has 8 heteroatoms. The summed E-state index contributed by atoms with van der Waals surface area (Å²) in [6.45, 7) is 0. The van der Waals surface area contributed by atoms with E-state index in [-0.39, 0.29) is 22.5 Å². The maximum atomic E-state index is 12.6. The lowest BCUT2D eigenvalue weighted by Crippen LogP contribution is -2.37. The Balaban J connectivity index is 1.82. The van der Waals surface area contributed by atoms with Gasteiger partial charge in [0.05, 0.1) is 4.91 Å². The highest BCUT2D eigenvalue weighted by Crippen LogP contribution is 2.35. The molecule has 0 unspecified atom stereocenters. The van der Waals surface area contributed by atoms with Gasteiger partial charge in [0.15, 0.2) is 9.43 Å². The second kappa shape index (κ2) is 7.22. The second-order valence-electron chi connectivity index (χ2n) is 5.06. The molecule has 0 saturated carbocycles. The zero-order valence-electron chi connectivity index (χ0n) is 12.7. The largest absolute Gasteiger partial charge is 0.508 e. The van der Waals surface area contributed by atoms with E-state index in [4.69, 9.17) is 24.4 Å². The summed E-state index contributed by atoms with van der Waals surface area (Å²) in [6.07, 6.45) is 1.51. The Labute approximate surface area is 159 Å². The SMILES string of the molecule is O=C1C(=Cc2ccc(O)cc2O)SC(=S)N1C(=S)Nc1ccccc1. The van der Waals surface area contributed by atoms with Crippen molar-refractivity contribution in [3.05, 3.63) is 59.0 Å². The number of benzene rings is 2. The molecule has 0 aromatic heterocycles. The summed E-state index contributed by atoms with van der Waals surface area (Å²) >= 11 is 11.6. The summed E-state index contributed by atoms with van der Waals surface area (Å²) in [4.78, 5) is 14.2. The van der Waals surface area contributed by atoms with E-state index in [9.17, 15) is 15.0 Å². The number of hydrogen-bond acceptors (Lipinski definition) is 6. The molecule has 2 aromatic rings. The van der Waals surface area contributed by atoms with E-state index in [0.29, 0.717) is 14.8 Å². The van der Waals surface area contributed by atoms with E-state index < -0.39 is 0 Å². The maximum Gasteiger partial charge on any atom is 0.272 e. The molecule has 0 atom stereocenters. The van der Waals surface area contributed by atoms with Gasteiger partial charge in [-0.25, -0.2) is 4.90 Å². The van der Waals surface area contributed by atoms with Crippen molar-refractivity contribution in [1.82, 2.24) is 4.90 Å². The van der Waals surface area contributed by atoms with Crippen LogP contribution in [-0.2, 0) is 4.79 Å². The molecule has 0 bridgehead atoms. The average molecular weight is 388 g/mol. The van der Waals surface area contributed by atoms with Gasteiger partial charge >= 0.3 is 0 Å². The second-order valence-corrected chi connectivity index (χ2v) is 7.12. The van der Waals surface area contributed by atoms with Crippen molar-refractivity contribution in [2.75, 3.05) is 5.32 Å². The first-order valence-electron chi connectivity index (χ1n) is 7.11. The Morgan fingerprint density at radius 3 is 2.56 bits per heavy atom. The fourth-order valence-electron chi connectivity index (χ4n) is 2.14. The van der Waals surface area contributed by atoms with Crippen LogP contribution < -0.4 is 5.32 Å². The molecule has 0 spiro atoms. The Kier molecular flexibility index (Phi) is 5.03. The van der Waals surface area contributed by atoms with Crippen molar-refractivity contribution in [1.29, 1.82) is 0 Å². The summed E-state index contributed by atoms with van der Waals surface area (Å²) in [7, 11) is 0. The number of nitrogens with zero attached hydrogens (tertiary/aromatic N) is 1. The Hall–Kier alpha value is -2.42. The molecule has 1 aliphatic rings. The minimum Gasteiger partial charge on any atom is -0.508 e. The van der Waals surface area contributed by atoms with Crippen LogP contribution in [0.5, 0.6) is 11.5 Å². The van der Waals surface area contributed by atoms with Crippen LogP contribution >= 0.6 is 36.2 Å². The van der Waals surface area contributed by atoms with Gasteiger partial charge in [-0.05, 0) is 42.6 Å². The molecule has 126 valence electrons. The van der Waals surface area contributed by atoms with Crippen molar-refractivity contribution in [3.8, 4) is 11.5 Å². The molecule has 2 aromatic carbocycles. The van der Waals surface area contributed by atoms with Crippen molar-refractivity contribution in [3.63, 3.8) is 0 Å². The van der Waals surface area contributed by atoms with Gasteiger partial charge in [-0.1, -0.05) is 42.2 Å². The molecule has 0 aliphatic carbocycles. The van der Waals surface area contributed by atoms with Crippen LogP contribution in [0.4, 0.5) is 5.69 Å². The molecule has 3 rings (SSSR count). The number of thioether (sulfide) groups is 1. The minimum atomic E-state index is -0.365. The van der Waals surface area contributed by atoms with Crippen LogP contribution in [0, 0.1) is 0 Å². The number of anilines is 1. The van der Waals surface area contributed by atoms with Gasteiger partial charge in [-0.15, -0.1) is 0 Å². The van der Waals surface area contributed by atoms with Crippen LogP contribution in [0.1, 0.15) is 5.56 Å². The van der Waals surface area contributed by atoms with E-state index in [1.807, 2.05) is 30.3 Å². The third kappa shape index (κ3) is 3.81. The molecule has 1 amide bonds. The van der Waals surface area contributed by atoms with Crippen molar-refractivity contribution in [2.45, 2.75) is 0 Å². The molecular formula is C17H12N2O3S3. The molecule has 1 fully saturated rings. The number of phenolic OH excluding ortho intramolecular Hbond substituents is 2. The van der Waals surface area contributed by atoms with E-state index in [1.54, 1.807) is 0 Å². The lowest BCUT2D eigenvalue weighted by molar-refractivity contribution is -0.119. The third-order valence-corrected chi connectivity index (χ3v) is 4.91. The quantitative estimate of drug-likeness (QED) is 0.535. The Morgan fingerprint density at radius 2 is 1.88 bits per heavy atom. The van der Waals surface area contributed by atoms with Gasteiger partial charge in [-0.3, -0.25) is 4.79 Å². The van der Waals surface area contributed by atoms with Gasteiger partial charge < -0.3 is 15.5 Å². The van der Waals surface area contributed by atoms with E-state index >= 15 is 0 Å². The van der Waals surface area contributed by atoms with Gasteiger partial charge in [-0.2, -0.15) is 0 Å². The normalized spacial score (nSPS) is 15.7. The lowest BCUT2D eigenvalue weighted by Gasteiger charge is -2.16. The number of amides is 1. The molecule has 1 aliphatic heterocycles. The standard InChI is InChI=1S/C17H12N2O3S3/c20-12-7-6-10(13(21)9-12)8-14-15(22)19(17(24)25-14)16(23)18-11-4-2-1-3-5-11/h1-9,20-21H,(H,18,23). The van der Waals surface area contributed by atoms with Crippen molar-refractivity contribution in [2.24, 2.45) is 0 Å². The highest BCUT2D eigenvalue weighted by atomic mass is 32.2. The van der Waals surface area contributed by atoms with E-state index in [1.165, 1.54) is 29.2 Å². The number of hydrogen-bond donors (Lipinski definition) is 3. The topological polar surface area (TPSA) is 72.8 Å². The molecule has 5 nitrogen and oxygen atoms in total. The Bertz CT molecular complexity index is 897. The summed E-state index contributed by atoms with van der Waals surface area (Å²) in [5.74, 6) is -0.554. The smallest absolute Gasteiger partial charge is 0.272 e. The molecule has 0 radical (unpaired) electrons. The average Bonchev–Trinajstić information content (AvgIpc) is 2.85. The van der Waals surface area contributed by atoms with Crippen LogP contribution in [0.2, 0.25) is 0 Å². The zero-order chi connectivity index (χ0) is 18.0. The van der Waals surface area contributed by atoms with Gasteiger partial charge in [0.2, 0.25) is 0 Å². The summed E-state index contributed by atoms with van der Waals surface area (Å²) in [5, 5.41) is 22.4. The van der Waals surface area contributed by atoms with Crippen LogP contribution in [0.25, 0.3) is 6.08 Å². The molecule has 3 N–H and O–H groups in total. The van der Waals surface area contributed by atoms with Crippen LogP contribution in [0.3, 0.4) is 0 Å². The number of para-hydroxylation sites is 1. The summed E-state index contributed by atoms with van der Waals surface area (Å²) in [6, 6.07) is 13.4. The van der Waals surface area contributed by atoms with Crippen LogP contribution in [0.15, 0.2) is 53.4 Å². The van der Waals surface area contributed by atoms with Gasteiger partial charge in [0.25, 0.3) is 5.91 Å². The highest BCUT2D eigenvalue weighted by Gasteiger charge is 2.35. The predicted molar refractivity (Wildman–Crippen MR) is 107 cm³/mol. The number of nitrogens with one attached hydrogen (secondary N) is 1. The van der Waals surface area contributed by atoms with Gasteiger partial charge in [0.1, 0.15) is 11.5 Å². The van der Waals surface area contributed by atoms with Crippen LogP contribution in [-0.4, -0.2) is 30.5 Å². The summed E-state index contributed by atoms with van der Waals surface area (Å²) < 4.78 is 0.308. The number of phenols is 2. The first-order chi connectivity index (χ1) is 12.0. The lowest BCUT2D eigenvalue weighted by atomic mass is 10.1. The molecular weight excluding hydrogens is 376 g/mol. The monoisotopic (exact) mass is 388 g/mol. The number of thiocarbonyl (C=S) groups is 2. The molecule has 1 saturated heterocycles. The minimum absolute atomic E-state index is 0.0598. The van der Waals surface area contributed by atoms with E-state index in [0.717, 1.165) is 17.4 Å².